The number of aryl methyl sites for hydroxylation is 3. The van der Waals surface area contributed by atoms with Crippen LogP contribution in [0.5, 0.6) is 0 Å². The molecule has 0 saturated heterocycles. The smallest absolute Gasteiger partial charge is 0.293 e. The number of hydrogen-bond acceptors (Lipinski definition) is 3. The maximum absolute atomic E-state index is 12.1. The van der Waals surface area contributed by atoms with Crippen molar-refractivity contribution in [3.63, 3.8) is 0 Å². The van der Waals surface area contributed by atoms with E-state index < -0.39 is 0 Å². The van der Waals surface area contributed by atoms with E-state index in [-0.39, 0.29) is 12.1 Å². The highest BCUT2D eigenvalue weighted by molar-refractivity contribution is 5.92. The summed E-state index contributed by atoms with van der Waals surface area (Å²) >= 11 is 0. The van der Waals surface area contributed by atoms with Gasteiger partial charge in [0.05, 0.1) is 5.56 Å². The van der Waals surface area contributed by atoms with Gasteiger partial charge in [-0.1, -0.05) is 37.0 Å². The van der Waals surface area contributed by atoms with Gasteiger partial charge in [-0.25, -0.2) is 4.79 Å². The molecule has 0 bridgehead atoms. The molecule has 3 heteroatoms. The third kappa shape index (κ3) is 3.57. The highest BCUT2D eigenvalue weighted by atomic mass is 17.2. The molecule has 0 aliphatic heterocycles. The van der Waals surface area contributed by atoms with Gasteiger partial charge in [-0.05, 0) is 44.7 Å². The molecule has 104 valence electrons. The molecule has 0 radical (unpaired) electrons. The average Bonchev–Trinajstić information content (AvgIpc) is 2.36. The summed E-state index contributed by atoms with van der Waals surface area (Å²) in [6, 6.07) is 3.98. The lowest BCUT2D eigenvalue weighted by Gasteiger charge is -2.20. The second kappa shape index (κ2) is 6.20. The standard InChI is InChI=1S/C16H22O3/c1-11-9-12(2)15(13(3)10-11)16(17)19-18-14-7-5-4-6-8-14/h9-10,14H,4-8H2,1-3H3. The van der Waals surface area contributed by atoms with E-state index >= 15 is 0 Å². The van der Waals surface area contributed by atoms with Crippen molar-refractivity contribution in [2.24, 2.45) is 0 Å². The molecule has 0 amide bonds. The predicted octanol–water partition coefficient (Wildman–Crippen LogP) is 4.03. The first kappa shape index (κ1) is 14.1. The summed E-state index contributed by atoms with van der Waals surface area (Å²) in [4.78, 5) is 22.4. The first-order valence-corrected chi connectivity index (χ1v) is 7.03. The minimum absolute atomic E-state index is 0.0729. The molecule has 1 aliphatic rings. The van der Waals surface area contributed by atoms with E-state index in [2.05, 4.69) is 0 Å². The van der Waals surface area contributed by atoms with Gasteiger partial charge >= 0.3 is 5.97 Å². The SMILES string of the molecule is Cc1cc(C)c(C(=O)OOC2CCCCC2)c(C)c1. The Morgan fingerprint density at radius 1 is 1.05 bits per heavy atom. The zero-order valence-corrected chi connectivity index (χ0v) is 12.0. The van der Waals surface area contributed by atoms with E-state index in [1.807, 2.05) is 32.9 Å². The number of carbonyl (C=O) groups excluding carboxylic acids is 1. The Labute approximate surface area is 114 Å². The summed E-state index contributed by atoms with van der Waals surface area (Å²) in [5.41, 5.74) is 3.66. The minimum atomic E-state index is -0.374. The van der Waals surface area contributed by atoms with Gasteiger partial charge < -0.3 is 0 Å². The fraction of sp³-hybridized carbons (Fsp3) is 0.562. The van der Waals surface area contributed by atoms with Crippen LogP contribution in [0, 0.1) is 20.8 Å². The van der Waals surface area contributed by atoms with Crippen LogP contribution in [-0.4, -0.2) is 12.1 Å². The van der Waals surface area contributed by atoms with Crippen molar-refractivity contribution in [2.75, 3.05) is 0 Å². The maximum atomic E-state index is 12.1. The van der Waals surface area contributed by atoms with Crippen molar-refractivity contribution in [3.8, 4) is 0 Å². The largest absolute Gasteiger partial charge is 0.373 e. The molecule has 0 spiro atoms. The van der Waals surface area contributed by atoms with Crippen molar-refractivity contribution in [3.05, 3.63) is 34.4 Å². The Morgan fingerprint density at radius 2 is 1.63 bits per heavy atom. The molecule has 1 fully saturated rings. The van der Waals surface area contributed by atoms with Crippen LogP contribution in [-0.2, 0) is 9.78 Å². The summed E-state index contributed by atoms with van der Waals surface area (Å²) in [6.45, 7) is 5.88. The van der Waals surface area contributed by atoms with Crippen LogP contribution < -0.4 is 0 Å². The van der Waals surface area contributed by atoms with Gasteiger partial charge in [-0.3, -0.25) is 4.89 Å². The molecule has 1 aromatic rings. The van der Waals surface area contributed by atoms with Gasteiger partial charge in [-0.2, -0.15) is 4.89 Å². The summed E-state index contributed by atoms with van der Waals surface area (Å²) in [6.07, 6.45) is 5.61. The molecule has 0 heterocycles. The van der Waals surface area contributed by atoms with Gasteiger partial charge in [0.2, 0.25) is 0 Å². The molecule has 1 aliphatic carbocycles. The molecule has 0 atom stereocenters. The first-order chi connectivity index (χ1) is 9.08. The third-order valence-corrected chi connectivity index (χ3v) is 3.69. The monoisotopic (exact) mass is 262 g/mol. The summed E-state index contributed by atoms with van der Waals surface area (Å²) in [5, 5.41) is 0. The molecule has 1 aromatic carbocycles. The maximum Gasteiger partial charge on any atom is 0.373 e. The van der Waals surface area contributed by atoms with Gasteiger partial charge in [0.15, 0.2) is 0 Å². The van der Waals surface area contributed by atoms with Crippen molar-refractivity contribution < 1.29 is 14.6 Å². The molecule has 2 rings (SSSR count). The van der Waals surface area contributed by atoms with E-state index in [9.17, 15) is 4.79 Å². The highest BCUT2D eigenvalue weighted by Gasteiger charge is 2.20. The van der Waals surface area contributed by atoms with Gasteiger partial charge in [0, 0.05) is 0 Å². The lowest BCUT2D eigenvalue weighted by Crippen LogP contribution is -2.20. The van der Waals surface area contributed by atoms with Crippen molar-refractivity contribution in [2.45, 2.75) is 59.0 Å². The third-order valence-electron chi connectivity index (χ3n) is 3.69. The normalized spacial score (nSPS) is 16.4. The fourth-order valence-electron chi connectivity index (χ4n) is 2.82. The zero-order valence-electron chi connectivity index (χ0n) is 12.0. The second-order valence-corrected chi connectivity index (χ2v) is 5.50. The van der Waals surface area contributed by atoms with Gasteiger partial charge in [-0.15, -0.1) is 0 Å². The number of hydrogen-bond donors (Lipinski definition) is 0. The van der Waals surface area contributed by atoms with Crippen LogP contribution in [0.2, 0.25) is 0 Å². The summed E-state index contributed by atoms with van der Waals surface area (Å²) < 4.78 is 0. The van der Waals surface area contributed by atoms with Crippen LogP contribution in [0.4, 0.5) is 0 Å². The van der Waals surface area contributed by atoms with E-state index in [0.29, 0.717) is 5.56 Å². The lowest BCUT2D eigenvalue weighted by atomic mass is 9.98. The van der Waals surface area contributed by atoms with Crippen LogP contribution in [0.15, 0.2) is 12.1 Å². The Kier molecular flexibility index (Phi) is 4.59. The Hall–Kier alpha value is -1.35. The molecule has 19 heavy (non-hydrogen) atoms. The van der Waals surface area contributed by atoms with E-state index in [4.69, 9.17) is 9.78 Å². The fourth-order valence-corrected chi connectivity index (χ4v) is 2.82. The average molecular weight is 262 g/mol. The molecule has 3 nitrogen and oxygen atoms in total. The number of carbonyl (C=O) groups is 1. The molecular weight excluding hydrogens is 240 g/mol. The van der Waals surface area contributed by atoms with Crippen LogP contribution in [0.25, 0.3) is 0 Å². The van der Waals surface area contributed by atoms with E-state index in [1.165, 1.54) is 6.42 Å². The Bertz CT molecular complexity index is 436. The second-order valence-electron chi connectivity index (χ2n) is 5.50. The molecule has 1 saturated carbocycles. The van der Waals surface area contributed by atoms with Crippen LogP contribution in [0.1, 0.15) is 59.2 Å². The minimum Gasteiger partial charge on any atom is -0.293 e. The molecular formula is C16H22O3. The topological polar surface area (TPSA) is 35.5 Å². The van der Waals surface area contributed by atoms with Crippen molar-refractivity contribution >= 4 is 5.97 Å². The quantitative estimate of drug-likeness (QED) is 0.609. The summed E-state index contributed by atoms with van der Waals surface area (Å²) in [5.74, 6) is -0.374. The Balaban J connectivity index is 1.99. The zero-order chi connectivity index (χ0) is 13.8. The predicted molar refractivity (Wildman–Crippen MR) is 74.0 cm³/mol. The van der Waals surface area contributed by atoms with Crippen molar-refractivity contribution in [1.82, 2.24) is 0 Å². The lowest BCUT2D eigenvalue weighted by molar-refractivity contribution is -0.279. The molecule has 0 N–H and O–H groups in total. The van der Waals surface area contributed by atoms with Gasteiger partial charge in [0.1, 0.15) is 6.10 Å². The summed E-state index contributed by atoms with van der Waals surface area (Å²) in [7, 11) is 0. The number of benzene rings is 1. The van der Waals surface area contributed by atoms with E-state index in [0.717, 1.165) is 42.4 Å². The van der Waals surface area contributed by atoms with Crippen LogP contribution >= 0.6 is 0 Å². The Morgan fingerprint density at radius 3 is 2.21 bits per heavy atom. The van der Waals surface area contributed by atoms with Crippen LogP contribution in [0.3, 0.4) is 0 Å². The van der Waals surface area contributed by atoms with Crippen molar-refractivity contribution in [1.29, 1.82) is 0 Å². The molecule has 0 unspecified atom stereocenters. The highest BCUT2D eigenvalue weighted by Crippen LogP contribution is 2.22. The van der Waals surface area contributed by atoms with Gasteiger partial charge in [0.25, 0.3) is 0 Å². The number of rotatable bonds is 3. The first-order valence-electron chi connectivity index (χ1n) is 7.03. The molecule has 0 aromatic heterocycles. The van der Waals surface area contributed by atoms with E-state index in [1.54, 1.807) is 0 Å².